The lowest BCUT2D eigenvalue weighted by atomic mass is 9.66. The van der Waals surface area contributed by atoms with Gasteiger partial charge >= 0.3 is 6.03 Å². The second-order valence-corrected chi connectivity index (χ2v) is 5.33. The molecular formula is C14H23N3O. The normalized spacial score (nSPS) is 33.0. The monoisotopic (exact) mass is 249 g/mol. The number of amides is 2. The van der Waals surface area contributed by atoms with E-state index < -0.39 is 6.03 Å². The smallest absolute Gasteiger partial charge is 0.312 e. The van der Waals surface area contributed by atoms with E-state index in [1.54, 1.807) is 6.08 Å². The van der Waals surface area contributed by atoms with Crippen LogP contribution < -0.4 is 16.4 Å². The summed E-state index contributed by atoms with van der Waals surface area (Å²) < 4.78 is 0. The summed E-state index contributed by atoms with van der Waals surface area (Å²) in [6.45, 7) is 4.82. The van der Waals surface area contributed by atoms with Crippen LogP contribution in [0.15, 0.2) is 24.8 Å². The van der Waals surface area contributed by atoms with E-state index >= 15 is 0 Å². The summed E-state index contributed by atoms with van der Waals surface area (Å²) in [6, 6.07) is -0.388. The van der Waals surface area contributed by atoms with Gasteiger partial charge in [-0.15, -0.1) is 6.58 Å². The van der Waals surface area contributed by atoms with Crippen LogP contribution in [0, 0.1) is 5.41 Å². The standard InChI is InChI=1S/C14H23N3O/c1-2-11(17-13(15)18)12-14(9-6-10-16-12)7-4-3-5-8-14/h2,4,7,11-12,16H,1,3,5-6,8-10H2,(H3,15,17,18). The predicted octanol–water partition coefficient (Wildman–Crippen LogP) is 1.69. The van der Waals surface area contributed by atoms with Gasteiger partial charge in [0.25, 0.3) is 0 Å². The van der Waals surface area contributed by atoms with Gasteiger partial charge < -0.3 is 16.4 Å². The van der Waals surface area contributed by atoms with Gasteiger partial charge in [-0.25, -0.2) is 4.79 Å². The maximum Gasteiger partial charge on any atom is 0.312 e. The van der Waals surface area contributed by atoms with Crippen LogP contribution in [0.25, 0.3) is 0 Å². The number of nitrogens with two attached hydrogens (primary N) is 1. The Hall–Kier alpha value is -1.29. The lowest BCUT2D eigenvalue weighted by Crippen LogP contribution is -2.60. The quantitative estimate of drug-likeness (QED) is 0.666. The number of urea groups is 1. The van der Waals surface area contributed by atoms with Crippen LogP contribution in [0.1, 0.15) is 32.1 Å². The number of hydrogen-bond acceptors (Lipinski definition) is 2. The highest BCUT2D eigenvalue weighted by Gasteiger charge is 2.42. The van der Waals surface area contributed by atoms with Crippen LogP contribution in [-0.2, 0) is 0 Å². The van der Waals surface area contributed by atoms with Crippen LogP contribution >= 0.6 is 0 Å². The van der Waals surface area contributed by atoms with Gasteiger partial charge in [-0.05, 0) is 38.6 Å². The van der Waals surface area contributed by atoms with E-state index in [9.17, 15) is 4.79 Å². The number of carbonyl (C=O) groups is 1. The van der Waals surface area contributed by atoms with Gasteiger partial charge in [0.2, 0.25) is 0 Å². The zero-order chi connectivity index (χ0) is 13.0. The molecule has 1 heterocycles. The molecule has 0 saturated carbocycles. The second-order valence-electron chi connectivity index (χ2n) is 5.33. The molecule has 18 heavy (non-hydrogen) atoms. The Kier molecular flexibility index (Phi) is 4.07. The molecule has 2 aliphatic rings. The number of carbonyl (C=O) groups excluding carboxylic acids is 1. The third kappa shape index (κ3) is 2.58. The van der Waals surface area contributed by atoms with Crippen molar-refractivity contribution in [3.05, 3.63) is 24.8 Å². The van der Waals surface area contributed by atoms with Crippen LogP contribution in [0.5, 0.6) is 0 Å². The number of hydrogen-bond donors (Lipinski definition) is 3. The molecule has 4 nitrogen and oxygen atoms in total. The molecule has 1 spiro atoms. The third-order valence-corrected chi connectivity index (χ3v) is 4.19. The van der Waals surface area contributed by atoms with Gasteiger partial charge in [0.05, 0.1) is 6.04 Å². The van der Waals surface area contributed by atoms with Crippen molar-refractivity contribution in [2.45, 2.75) is 44.2 Å². The molecule has 2 amide bonds. The fraction of sp³-hybridized carbons (Fsp3) is 0.643. The number of primary amides is 1. The number of piperidine rings is 1. The molecule has 1 saturated heterocycles. The number of nitrogens with one attached hydrogen (secondary N) is 2. The molecule has 1 fully saturated rings. The van der Waals surface area contributed by atoms with Crippen LogP contribution in [0.3, 0.4) is 0 Å². The Morgan fingerprint density at radius 3 is 2.94 bits per heavy atom. The topological polar surface area (TPSA) is 67.1 Å². The summed E-state index contributed by atoms with van der Waals surface area (Å²) in [5.74, 6) is 0. The minimum atomic E-state index is -0.484. The Bertz CT molecular complexity index is 353. The summed E-state index contributed by atoms with van der Waals surface area (Å²) >= 11 is 0. The molecule has 1 aliphatic carbocycles. The molecule has 0 aromatic heterocycles. The molecule has 0 radical (unpaired) electrons. The van der Waals surface area contributed by atoms with Crippen molar-refractivity contribution >= 4 is 6.03 Å². The maximum absolute atomic E-state index is 11.1. The summed E-state index contributed by atoms with van der Waals surface area (Å²) in [6.07, 6.45) is 12.3. The van der Waals surface area contributed by atoms with Crippen LogP contribution in [0.2, 0.25) is 0 Å². The van der Waals surface area contributed by atoms with Gasteiger partial charge in [-0.1, -0.05) is 18.2 Å². The zero-order valence-electron chi connectivity index (χ0n) is 10.8. The fourth-order valence-corrected chi connectivity index (χ4v) is 3.38. The molecule has 3 atom stereocenters. The van der Waals surface area contributed by atoms with E-state index in [2.05, 4.69) is 29.4 Å². The lowest BCUT2D eigenvalue weighted by molar-refractivity contribution is 0.148. The van der Waals surface area contributed by atoms with Crippen LogP contribution in [-0.4, -0.2) is 24.7 Å². The van der Waals surface area contributed by atoms with Crippen molar-refractivity contribution < 1.29 is 4.79 Å². The Labute approximate surface area is 109 Å². The molecular weight excluding hydrogens is 226 g/mol. The molecule has 0 aromatic carbocycles. The largest absolute Gasteiger partial charge is 0.352 e. The first kappa shape index (κ1) is 13.1. The van der Waals surface area contributed by atoms with E-state index in [0.717, 1.165) is 13.0 Å². The zero-order valence-corrected chi connectivity index (χ0v) is 10.8. The van der Waals surface area contributed by atoms with Gasteiger partial charge in [0.1, 0.15) is 0 Å². The Balaban J connectivity index is 2.20. The minimum absolute atomic E-state index is 0.106. The van der Waals surface area contributed by atoms with E-state index in [0.29, 0.717) is 0 Å². The number of rotatable bonds is 3. The number of allylic oxidation sites excluding steroid dienone is 1. The fourth-order valence-electron chi connectivity index (χ4n) is 3.38. The molecule has 100 valence electrons. The first-order valence-electron chi connectivity index (χ1n) is 6.77. The summed E-state index contributed by atoms with van der Waals surface area (Å²) in [5.41, 5.74) is 5.40. The van der Waals surface area contributed by atoms with E-state index in [1.165, 1.54) is 25.7 Å². The first-order valence-corrected chi connectivity index (χ1v) is 6.77. The highest BCUT2D eigenvalue weighted by molar-refractivity contribution is 5.72. The average molecular weight is 249 g/mol. The summed E-state index contributed by atoms with van der Waals surface area (Å²) in [7, 11) is 0. The maximum atomic E-state index is 11.1. The third-order valence-electron chi connectivity index (χ3n) is 4.19. The van der Waals surface area contributed by atoms with Crippen molar-refractivity contribution in [1.29, 1.82) is 0 Å². The van der Waals surface area contributed by atoms with Crippen molar-refractivity contribution in [2.24, 2.45) is 11.1 Å². The second kappa shape index (κ2) is 5.57. The minimum Gasteiger partial charge on any atom is -0.352 e. The van der Waals surface area contributed by atoms with E-state index in [1.807, 2.05) is 0 Å². The predicted molar refractivity (Wildman–Crippen MR) is 73.2 cm³/mol. The molecule has 1 aliphatic heterocycles. The SMILES string of the molecule is C=CC(NC(N)=O)C1NCCCC12C=CCCC2. The average Bonchev–Trinajstić information content (AvgIpc) is 2.38. The lowest BCUT2D eigenvalue weighted by Gasteiger charge is -2.47. The van der Waals surface area contributed by atoms with E-state index in [4.69, 9.17) is 5.73 Å². The van der Waals surface area contributed by atoms with Gasteiger partial charge in [0, 0.05) is 11.5 Å². The highest BCUT2D eigenvalue weighted by atomic mass is 16.2. The van der Waals surface area contributed by atoms with Gasteiger partial charge in [-0.3, -0.25) is 0 Å². The van der Waals surface area contributed by atoms with Crippen molar-refractivity contribution in [2.75, 3.05) is 6.54 Å². The highest BCUT2D eigenvalue weighted by Crippen LogP contribution is 2.42. The molecule has 2 rings (SSSR count). The molecule has 4 heteroatoms. The van der Waals surface area contributed by atoms with Crippen molar-refractivity contribution in [1.82, 2.24) is 10.6 Å². The molecule has 3 unspecified atom stereocenters. The van der Waals surface area contributed by atoms with Gasteiger partial charge in [-0.2, -0.15) is 0 Å². The van der Waals surface area contributed by atoms with Crippen LogP contribution in [0.4, 0.5) is 4.79 Å². The van der Waals surface area contributed by atoms with E-state index in [-0.39, 0.29) is 17.5 Å². The molecule has 4 N–H and O–H groups in total. The van der Waals surface area contributed by atoms with Gasteiger partial charge in [0.15, 0.2) is 0 Å². The van der Waals surface area contributed by atoms with Crippen molar-refractivity contribution in [3.63, 3.8) is 0 Å². The molecule has 0 aromatic rings. The van der Waals surface area contributed by atoms with Crippen molar-refractivity contribution in [3.8, 4) is 0 Å². The Morgan fingerprint density at radius 2 is 2.33 bits per heavy atom. The summed E-state index contributed by atoms with van der Waals surface area (Å²) in [4.78, 5) is 11.1. The first-order chi connectivity index (χ1) is 8.68. The molecule has 0 bridgehead atoms. The summed E-state index contributed by atoms with van der Waals surface area (Å²) in [5, 5.41) is 6.34. The Morgan fingerprint density at radius 1 is 1.56 bits per heavy atom.